The predicted octanol–water partition coefficient (Wildman–Crippen LogP) is 1.92. The highest BCUT2D eigenvalue weighted by Crippen LogP contribution is 2.27. The molecule has 0 aromatic carbocycles. The third kappa shape index (κ3) is 4.08. The molecule has 1 saturated carbocycles. The maximum atomic E-state index is 12.5. The van der Waals surface area contributed by atoms with Crippen LogP contribution in [0, 0.1) is 0 Å². The Kier molecular flexibility index (Phi) is 4.96. The zero-order chi connectivity index (χ0) is 14.8. The van der Waals surface area contributed by atoms with E-state index < -0.39 is 28.3 Å². The quantitative estimate of drug-likeness (QED) is 0.837. The molecular formula is C12H21F3N2O2S. The van der Waals surface area contributed by atoms with Crippen LogP contribution in [0.4, 0.5) is 13.2 Å². The fraction of sp³-hybridized carbons (Fsp3) is 1.00. The van der Waals surface area contributed by atoms with Crippen molar-refractivity contribution >= 4 is 10.0 Å². The summed E-state index contributed by atoms with van der Waals surface area (Å²) < 4.78 is 64.4. The molecule has 118 valence electrons. The number of hydrogen-bond acceptors (Lipinski definition) is 3. The van der Waals surface area contributed by atoms with Crippen molar-refractivity contribution in [2.24, 2.45) is 0 Å². The first kappa shape index (κ1) is 16.0. The van der Waals surface area contributed by atoms with Crippen LogP contribution in [0.2, 0.25) is 0 Å². The van der Waals surface area contributed by atoms with E-state index in [1.54, 1.807) is 0 Å². The molecule has 2 rings (SSSR count). The normalized spacial score (nSPS) is 30.4. The molecule has 2 aliphatic rings. The van der Waals surface area contributed by atoms with Crippen LogP contribution in [0.1, 0.15) is 44.9 Å². The van der Waals surface area contributed by atoms with Gasteiger partial charge in [0.2, 0.25) is 10.0 Å². The van der Waals surface area contributed by atoms with Crippen molar-refractivity contribution in [3.63, 3.8) is 0 Å². The van der Waals surface area contributed by atoms with Gasteiger partial charge in [0.1, 0.15) is 6.04 Å². The van der Waals surface area contributed by atoms with E-state index in [-0.39, 0.29) is 24.6 Å². The molecule has 1 heterocycles. The summed E-state index contributed by atoms with van der Waals surface area (Å²) in [6, 6.07) is -1.95. The molecule has 0 aromatic heterocycles. The number of nitrogens with one attached hydrogen (secondary N) is 2. The Morgan fingerprint density at radius 2 is 1.65 bits per heavy atom. The van der Waals surface area contributed by atoms with Crippen LogP contribution in [-0.4, -0.2) is 38.5 Å². The van der Waals surface area contributed by atoms with Crippen molar-refractivity contribution in [3.8, 4) is 0 Å². The van der Waals surface area contributed by atoms with Gasteiger partial charge in [-0.2, -0.15) is 13.2 Å². The topological polar surface area (TPSA) is 58.2 Å². The lowest BCUT2D eigenvalue weighted by Crippen LogP contribution is -2.55. The third-order valence-electron chi connectivity index (χ3n) is 4.13. The number of hydrogen-bond donors (Lipinski definition) is 2. The minimum Gasteiger partial charge on any atom is -0.305 e. The lowest BCUT2D eigenvalue weighted by Gasteiger charge is -2.32. The summed E-state index contributed by atoms with van der Waals surface area (Å²) in [5.41, 5.74) is 0. The fourth-order valence-electron chi connectivity index (χ4n) is 2.94. The Morgan fingerprint density at radius 1 is 1.00 bits per heavy atom. The Morgan fingerprint density at radius 3 is 2.15 bits per heavy atom. The standard InChI is InChI=1S/C12H21F3N2O2S/c13-12(14,15)11-7-6-9(8-16-11)17-20(18,19)10-4-2-1-3-5-10/h9-11,16-17H,1-8H2. The van der Waals surface area contributed by atoms with Crippen LogP contribution >= 0.6 is 0 Å². The second-order valence-corrected chi connectivity index (χ2v) is 7.69. The first-order valence-electron chi connectivity index (χ1n) is 7.10. The van der Waals surface area contributed by atoms with E-state index in [1.165, 1.54) is 0 Å². The average Bonchev–Trinajstić information content (AvgIpc) is 2.39. The molecule has 2 unspecified atom stereocenters. The molecule has 2 atom stereocenters. The summed E-state index contributed by atoms with van der Waals surface area (Å²) in [4.78, 5) is 0. The number of alkyl halides is 3. The highest BCUT2D eigenvalue weighted by Gasteiger charge is 2.42. The number of sulfonamides is 1. The maximum Gasteiger partial charge on any atom is 0.403 e. The van der Waals surface area contributed by atoms with Gasteiger partial charge in [0.15, 0.2) is 0 Å². The Labute approximate surface area is 117 Å². The minimum absolute atomic E-state index is 0.0378. The van der Waals surface area contributed by atoms with Crippen LogP contribution in [-0.2, 0) is 10.0 Å². The Balaban J connectivity index is 1.85. The van der Waals surface area contributed by atoms with E-state index in [1.807, 2.05) is 0 Å². The lowest BCUT2D eigenvalue weighted by atomic mass is 10.0. The van der Waals surface area contributed by atoms with Crippen LogP contribution in [0.3, 0.4) is 0 Å². The molecule has 0 amide bonds. The molecule has 0 aromatic rings. The molecule has 2 fully saturated rings. The van der Waals surface area contributed by atoms with Crippen molar-refractivity contribution in [3.05, 3.63) is 0 Å². The highest BCUT2D eigenvalue weighted by molar-refractivity contribution is 7.90. The molecule has 1 aliphatic heterocycles. The molecule has 0 radical (unpaired) electrons. The molecule has 8 heteroatoms. The first-order chi connectivity index (χ1) is 9.29. The molecule has 2 N–H and O–H groups in total. The molecule has 1 aliphatic carbocycles. The van der Waals surface area contributed by atoms with Gasteiger partial charge in [0.05, 0.1) is 5.25 Å². The van der Waals surface area contributed by atoms with E-state index >= 15 is 0 Å². The summed E-state index contributed by atoms with van der Waals surface area (Å²) >= 11 is 0. The molecule has 0 spiro atoms. The van der Waals surface area contributed by atoms with Crippen molar-refractivity contribution in [2.45, 2.75) is 68.5 Å². The smallest absolute Gasteiger partial charge is 0.305 e. The van der Waals surface area contributed by atoms with Crippen molar-refractivity contribution in [1.29, 1.82) is 0 Å². The van der Waals surface area contributed by atoms with Gasteiger partial charge in [0, 0.05) is 12.6 Å². The number of halogens is 3. The predicted molar refractivity (Wildman–Crippen MR) is 69.8 cm³/mol. The van der Waals surface area contributed by atoms with Crippen LogP contribution in [0.5, 0.6) is 0 Å². The van der Waals surface area contributed by atoms with Crippen molar-refractivity contribution < 1.29 is 21.6 Å². The van der Waals surface area contributed by atoms with E-state index in [9.17, 15) is 21.6 Å². The Bertz CT molecular complexity index is 411. The lowest BCUT2D eigenvalue weighted by molar-refractivity contribution is -0.160. The van der Waals surface area contributed by atoms with Gasteiger partial charge in [0.25, 0.3) is 0 Å². The van der Waals surface area contributed by atoms with Gasteiger partial charge in [-0.1, -0.05) is 19.3 Å². The summed E-state index contributed by atoms with van der Waals surface area (Å²) in [5.74, 6) is 0. The summed E-state index contributed by atoms with van der Waals surface area (Å²) in [6.07, 6.45) is 0.0680. The molecular weight excluding hydrogens is 293 g/mol. The van der Waals surface area contributed by atoms with Gasteiger partial charge < -0.3 is 5.32 Å². The van der Waals surface area contributed by atoms with E-state index in [2.05, 4.69) is 10.0 Å². The Hall–Kier alpha value is -0.340. The van der Waals surface area contributed by atoms with Crippen LogP contribution < -0.4 is 10.0 Å². The van der Waals surface area contributed by atoms with E-state index in [0.29, 0.717) is 12.8 Å². The maximum absolute atomic E-state index is 12.5. The second kappa shape index (κ2) is 6.19. The first-order valence-corrected chi connectivity index (χ1v) is 8.65. The van der Waals surface area contributed by atoms with Crippen molar-refractivity contribution in [1.82, 2.24) is 10.0 Å². The van der Waals surface area contributed by atoms with E-state index in [4.69, 9.17) is 0 Å². The number of piperidine rings is 1. The minimum atomic E-state index is -4.26. The monoisotopic (exact) mass is 314 g/mol. The zero-order valence-electron chi connectivity index (χ0n) is 11.2. The van der Waals surface area contributed by atoms with Gasteiger partial charge >= 0.3 is 6.18 Å². The SMILES string of the molecule is O=S(=O)(NC1CCC(C(F)(F)F)NC1)C1CCCCC1. The molecule has 4 nitrogen and oxygen atoms in total. The van der Waals surface area contributed by atoms with Crippen LogP contribution in [0.25, 0.3) is 0 Å². The largest absolute Gasteiger partial charge is 0.403 e. The third-order valence-corrected chi connectivity index (χ3v) is 6.14. The molecule has 1 saturated heterocycles. The number of rotatable bonds is 3. The van der Waals surface area contributed by atoms with Gasteiger partial charge in [-0.15, -0.1) is 0 Å². The highest BCUT2D eigenvalue weighted by atomic mass is 32.2. The van der Waals surface area contributed by atoms with E-state index in [0.717, 1.165) is 19.3 Å². The van der Waals surface area contributed by atoms with Crippen LogP contribution in [0.15, 0.2) is 0 Å². The molecule has 20 heavy (non-hydrogen) atoms. The van der Waals surface area contributed by atoms with Gasteiger partial charge in [-0.3, -0.25) is 0 Å². The summed E-state index contributed by atoms with van der Waals surface area (Å²) in [5, 5.41) is 2.00. The van der Waals surface area contributed by atoms with Gasteiger partial charge in [-0.25, -0.2) is 13.1 Å². The average molecular weight is 314 g/mol. The summed E-state index contributed by atoms with van der Waals surface area (Å²) in [6.45, 7) is 0.0378. The second-order valence-electron chi connectivity index (χ2n) is 5.70. The summed E-state index contributed by atoms with van der Waals surface area (Å²) in [7, 11) is -3.41. The van der Waals surface area contributed by atoms with Crippen molar-refractivity contribution in [2.75, 3.05) is 6.54 Å². The van der Waals surface area contributed by atoms with Gasteiger partial charge in [-0.05, 0) is 25.7 Å². The molecule has 0 bridgehead atoms. The zero-order valence-corrected chi connectivity index (χ0v) is 12.1. The fourth-order valence-corrected chi connectivity index (χ4v) is 4.75.